The third kappa shape index (κ3) is 3.44. The number of nitrogens with zero attached hydrogens (tertiary/aromatic N) is 1. The molecule has 4 heteroatoms. The van der Waals surface area contributed by atoms with Crippen molar-refractivity contribution in [3.8, 4) is 0 Å². The summed E-state index contributed by atoms with van der Waals surface area (Å²) in [6, 6.07) is 6.14. The van der Waals surface area contributed by atoms with Gasteiger partial charge in [-0.15, -0.1) is 0 Å². The Bertz CT molecular complexity index is 592. The molecule has 0 aliphatic carbocycles. The first-order valence-electron chi connectivity index (χ1n) is 6.23. The average Bonchev–Trinajstić information content (AvgIpc) is 2.82. The highest BCUT2D eigenvalue weighted by molar-refractivity contribution is 6.31. The van der Waals surface area contributed by atoms with Gasteiger partial charge in [0.05, 0.1) is 0 Å². The minimum Gasteiger partial charge on any atom is -0.349 e. The summed E-state index contributed by atoms with van der Waals surface area (Å²) in [5.41, 5.74) is 1.54. The number of ketones is 1. The van der Waals surface area contributed by atoms with Crippen LogP contribution in [0.15, 0.2) is 36.7 Å². The summed E-state index contributed by atoms with van der Waals surface area (Å²) in [6.07, 6.45) is 5.04. The van der Waals surface area contributed by atoms with Gasteiger partial charge in [-0.05, 0) is 30.2 Å². The fourth-order valence-corrected chi connectivity index (χ4v) is 2.15. The molecule has 0 fully saturated rings. The molecule has 0 atom stereocenters. The largest absolute Gasteiger partial charge is 0.349 e. The highest BCUT2D eigenvalue weighted by atomic mass is 35.5. The van der Waals surface area contributed by atoms with Crippen molar-refractivity contribution in [1.29, 1.82) is 0 Å². The quantitative estimate of drug-likeness (QED) is 0.748. The summed E-state index contributed by atoms with van der Waals surface area (Å²) < 4.78 is 14.8. The van der Waals surface area contributed by atoms with Gasteiger partial charge in [0.15, 0.2) is 5.78 Å². The Morgan fingerprint density at radius 3 is 2.84 bits per heavy atom. The normalized spacial score (nSPS) is 10.7. The monoisotopic (exact) mass is 279 g/mol. The lowest BCUT2D eigenvalue weighted by molar-refractivity contribution is 0.0981. The Balaban J connectivity index is 2.13. The topological polar surface area (TPSA) is 22.0 Å². The van der Waals surface area contributed by atoms with E-state index in [1.165, 1.54) is 12.1 Å². The summed E-state index contributed by atoms with van der Waals surface area (Å²) in [5.74, 6) is -0.202. The highest BCUT2D eigenvalue weighted by Crippen LogP contribution is 2.19. The summed E-state index contributed by atoms with van der Waals surface area (Å²) in [7, 11) is 0. The van der Waals surface area contributed by atoms with Gasteiger partial charge < -0.3 is 4.57 Å². The van der Waals surface area contributed by atoms with E-state index in [-0.39, 0.29) is 11.6 Å². The van der Waals surface area contributed by atoms with E-state index in [9.17, 15) is 9.18 Å². The molecule has 0 aliphatic heterocycles. The molecule has 0 aliphatic rings. The predicted molar refractivity (Wildman–Crippen MR) is 74.2 cm³/mol. The molecule has 2 aromatic rings. The van der Waals surface area contributed by atoms with Gasteiger partial charge in [0.1, 0.15) is 5.82 Å². The summed E-state index contributed by atoms with van der Waals surface area (Å²) in [5, 5.41) is 0.398. The molecule has 0 radical (unpaired) electrons. The molecule has 0 saturated heterocycles. The number of hydrogen-bond acceptors (Lipinski definition) is 1. The summed E-state index contributed by atoms with van der Waals surface area (Å²) >= 11 is 5.98. The van der Waals surface area contributed by atoms with Gasteiger partial charge in [0.2, 0.25) is 0 Å². The van der Waals surface area contributed by atoms with E-state index in [0.29, 0.717) is 23.6 Å². The van der Waals surface area contributed by atoms with Crippen molar-refractivity contribution < 1.29 is 9.18 Å². The number of carbonyl (C=O) groups is 1. The molecular weight excluding hydrogens is 265 g/mol. The number of carbonyl (C=O) groups excluding carboxylic acids is 1. The molecule has 1 heterocycles. The molecule has 1 aromatic carbocycles. The van der Waals surface area contributed by atoms with Gasteiger partial charge in [0, 0.05) is 35.9 Å². The lowest BCUT2D eigenvalue weighted by atomic mass is 10.1. The van der Waals surface area contributed by atoms with Crippen molar-refractivity contribution in [2.24, 2.45) is 0 Å². The Morgan fingerprint density at radius 1 is 1.37 bits per heavy atom. The third-order valence-corrected chi connectivity index (χ3v) is 3.27. The number of aromatic nitrogens is 1. The molecule has 2 rings (SSSR count). The number of rotatable bonds is 5. The molecule has 0 bridgehead atoms. The van der Waals surface area contributed by atoms with Crippen LogP contribution in [0.4, 0.5) is 4.39 Å². The number of hydrogen-bond donors (Lipinski definition) is 0. The molecule has 0 amide bonds. The van der Waals surface area contributed by atoms with Crippen molar-refractivity contribution in [2.45, 2.75) is 26.3 Å². The minimum atomic E-state index is -0.347. The molecular formula is C15H15ClFNO. The van der Waals surface area contributed by atoms with Gasteiger partial charge in [-0.3, -0.25) is 4.79 Å². The highest BCUT2D eigenvalue weighted by Gasteiger charge is 2.08. The minimum absolute atomic E-state index is 0.145. The molecule has 0 spiro atoms. The fourth-order valence-electron chi connectivity index (χ4n) is 1.92. The van der Waals surface area contributed by atoms with E-state index >= 15 is 0 Å². The van der Waals surface area contributed by atoms with Gasteiger partial charge in [-0.1, -0.05) is 24.6 Å². The predicted octanol–water partition coefficient (Wildman–Crippen LogP) is 4.31. The lowest BCUT2D eigenvalue weighted by Crippen LogP contribution is -1.99. The lowest BCUT2D eigenvalue weighted by Gasteiger charge is -2.05. The third-order valence-electron chi connectivity index (χ3n) is 2.92. The molecule has 0 N–H and O–H groups in total. The Morgan fingerprint density at radius 2 is 2.16 bits per heavy atom. The Hall–Kier alpha value is -1.61. The maximum Gasteiger partial charge on any atom is 0.164 e. The second-order valence-electron chi connectivity index (χ2n) is 4.48. The summed E-state index contributed by atoms with van der Waals surface area (Å²) in [4.78, 5) is 11.7. The van der Waals surface area contributed by atoms with Crippen molar-refractivity contribution in [2.75, 3.05) is 0 Å². The van der Waals surface area contributed by atoms with E-state index in [1.54, 1.807) is 18.3 Å². The molecule has 0 unspecified atom stereocenters. The fraction of sp³-hybridized carbons (Fsp3) is 0.267. The van der Waals surface area contributed by atoms with Crippen LogP contribution in [0.25, 0.3) is 0 Å². The van der Waals surface area contributed by atoms with Crippen LogP contribution in [0.5, 0.6) is 0 Å². The molecule has 19 heavy (non-hydrogen) atoms. The second kappa shape index (κ2) is 6.02. The van der Waals surface area contributed by atoms with Crippen molar-refractivity contribution in [3.63, 3.8) is 0 Å². The number of halogens is 2. The van der Waals surface area contributed by atoms with E-state index in [1.807, 2.05) is 17.7 Å². The van der Waals surface area contributed by atoms with Crippen molar-refractivity contribution >= 4 is 17.4 Å². The van der Waals surface area contributed by atoms with Gasteiger partial charge in [-0.25, -0.2) is 4.39 Å². The van der Waals surface area contributed by atoms with Crippen LogP contribution in [0.3, 0.4) is 0 Å². The van der Waals surface area contributed by atoms with Gasteiger partial charge >= 0.3 is 0 Å². The molecule has 0 saturated carbocycles. The van der Waals surface area contributed by atoms with Gasteiger partial charge in [-0.2, -0.15) is 0 Å². The van der Waals surface area contributed by atoms with Crippen LogP contribution in [-0.2, 0) is 6.54 Å². The SMILES string of the molecule is CCCC(=O)c1ccn(Cc2ccc(F)cc2Cl)c1. The molecule has 1 aromatic heterocycles. The van der Waals surface area contributed by atoms with Crippen LogP contribution < -0.4 is 0 Å². The van der Waals surface area contributed by atoms with Crippen molar-refractivity contribution in [1.82, 2.24) is 4.57 Å². The van der Waals surface area contributed by atoms with E-state index < -0.39 is 0 Å². The maximum atomic E-state index is 12.9. The van der Waals surface area contributed by atoms with Crippen LogP contribution in [0, 0.1) is 5.82 Å². The van der Waals surface area contributed by atoms with Crippen LogP contribution in [0.2, 0.25) is 5.02 Å². The first-order chi connectivity index (χ1) is 9.10. The second-order valence-corrected chi connectivity index (χ2v) is 4.89. The molecule has 100 valence electrons. The van der Waals surface area contributed by atoms with Crippen LogP contribution in [0.1, 0.15) is 35.7 Å². The average molecular weight is 280 g/mol. The molecule has 2 nitrogen and oxygen atoms in total. The zero-order valence-electron chi connectivity index (χ0n) is 10.7. The first kappa shape index (κ1) is 13.8. The Labute approximate surface area is 116 Å². The number of benzene rings is 1. The van der Waals surface area contributed by atoms with Crippen LogP contribution >= 0.6 is 11.6 Å². The maximum absolute atomic E-state index is 12.9. The standard InChI is InChI=1S/C15H15ClFNO/c1-2-3-15(19)12-6-7-18(10-12)9-11-4-5-13(17)8-14(11)16/h4-8,10H,2-3,9H2,1H3. The zero-order valence-corrected chi connectivity index (χ0v) is 11.5. The van der Waals surface area contributed by atoms with Crippen molar-refractivity contribution in [3.05, 3.63) is 58.6 Å². The number of Topliss-reactive ketones (excluding diaryl/α,β-unsaturated/α-hetero) is 1. The zero-order chi connectivity index (χ0) is 13.8. The summed E-state index contributed by atoms with van der Waals surface area (Å²) in [6.45, 7) is 2.51. The smallest absolute Gasteiger partial charge is 0.164 e. The van der Waals surface area contributed by atoms with E-state index in [4.69, 9.17) is 11.6 Å². The van der Waals surface area contributed by atoms with E-state index in [0.717, 1.165) is 12.0 Å². The van der Waals surface area contributed by atoms with E-state index in [2.05, 4.69) is 0 Å². The van der Waals surface area contributed by atoms with Crippen LogP contribution in [-0.4, -0.2) is 10.4 Å². The first-order valence-corrected chi connectivity index (χ1v) is 6.61. The van der Waals surface area contributed by atoms with Gasteiger partial charge in [0.25, 0.3) is 0 Å². The Kier molecular flexibility index (Phi) is 4.38.